The van der Waals surface area contributed by atoms with Gasteiger partial charge in [-0.25, -0.2) is 0 Å². The van der Waals surface area contributed by atoms with Crippen LogP contribution in [0.15, 0.2) is 36.4 Å². The molecule has 21 heavy (non-hydrogen) atoms. The molecule has 0 atom stereocenters. The fourth-order valence-corrected chi connectivity index (χ4v) is 1.70. The molecule has 0 unspecified atom stereocenters. The fraction of sp³-hybridized carbons (Fsp3) is 0.143. The Morgan fingerprint density at radius 2 is 1.62 bits per heavy atom. The van der Waals surface area contributed by atoms with Gasteiger partial charge in [-0.1, -0.05) is 0 Å². The fourth-order valence-electron chi connectivity index (χ4n) is 1.70. The van der Waals surface area contributed by atoms with Gasteiger partial charge >= 0.3 is 6.61 Å². The predicted molar refractivity (Wildman–Crippen MR) is 71.8 cm³/mol. The number of phenolic OH excluding ortho intramolecular Hbond substituents is 3. The largest absolute Gasteiger partial charge is 0.504 e. The van der Waals surface area contributed by atoms with Gasteiger partial charge in [-0.05, 0) is 36.4 Å². The Kier molecular flexibility index (Phi) is 4.32. The average molecular weight is 297 g/mol. The van der Waals surface area contributed by atoms with Gasteiger partial charge < -0.3 is 25.4 Å². The van der Waals surface area contributed by atoms with Crippen LogP contribution in [0.1, 0.15) is 5.56 Å². The highest BCUT2D eigenvalue weighted by atomic mass is 19.3. The summed E-state index contributed by atoms with van der Waals surface area (Å²) < 4.78 is 28.2. The number of phenols is 3. The summed E-state index contributed by atoms with van der Waals surface area (Å²) in [5.74, 6) is -1.37. The summed E-state index contributed by atoms with van der Waals surface area (Å²) in [4.78, 5) is 0. The Morgan fingerprint density at radius 1 is 0.952 bits per heavy atom. The Bertz CT molecular complexity index is 617. The molecule has 2 aromatic rings. The van der Waals surface area contributed by atoms with Gasteiger partial charge in [0.1, 0.15) is 5.75 Å². The van der Waals surface area contributed by atoms with Crippen molar-refractivity contribution < 1.29 is 28.8 Å². The van der Waals surface area contributed by atoms with Crippen LogP contribution in [0.5, 0.6) is 23.0 Å². The molecule has 0 aliphatic carbocycles. The maximum atomic E-state index is 12.0. The number of ether oxygens (including phenoxy) is 1. The topological polar surface area (TPSA) is 82.0 Å². The molecule has 5 nitrogen and oxygen atoms in total. The van der Waals surface area contributed by atoms with Crippen molar-refractivity contribution in [1.29, 1.82) is 0 Å². The summed E-state index contributed by atoms with van der Waals surface area (Å²) in [7, 11) is 0. The van der Waals surface area contributed by atoms with Gasteiger partial charge in [0.15, 0.2) is 11.5 Å². The van der Waals surface area contributed by atoms with Crippen LogP contribution in [0, 0.1) is 0 Å². The van der Waals surface area contributed by atoms with Crippen molar-refractivity contribution in [3.05, 3.63) is 42.0 Å². The zero-order valence-electron chi connectivity index (χ0n) is 10.8. The third kappa shape index (κ3) is 3.65. The summed E-state index contributed by atoms with van der Waals surface area (Å²) >= 11 is 0. The molecule has 0 bridgehead atoms. The van der Waals surface area contributed by atoms with Crippen molar-refractivity contribution in [3.8, 4) is 23.0 Å². The van der Waals surface area contributed by atoms with Crippen molar-refractivity contribution in [1.82, 2.24) is 0 Å². The lowest BCUT2D eigenvalue weighted by Gasteiger charge is -2.10. The number of anilines is 1. The first-order valence-electron chi connectivity index (χ1n) is 5.99. The van der Waals surface area contributed by atoms with Crippen molar-refractivity contribution in [3.63, 3.8) is 0 Å². The van der Waals surface area contributed by atoms with E-state index in [4.69, 9.17) is 0 Å². The number of benzene rings is 2. The van der Waals surface area contributed by atoms with Gasteiger partial charge in [-0.2, -0.15) is 8.78 Å². The summed E-state index contributed by atoms with van der Waals surface area (Å²) in [6.45, 7) is -2.70. The minimum absolute atomic E-state index is 0.0423. The third-order valence-electron chi connectivity index (χ3n) is 2.78. The standard InChI is InChI=1S/C14H13F2NO4/c15-14(16)21-10-4-2-9(3-5-10)17-7-8-1-6-11(18)13(20)12(8)19/h1-6,14,17-20H,7H2. The second-order valence-corrected chi connectivity index (χ2v) is 4.20. The molecule has 0 heterocycles. The van der Waals surface area contributed by atoms with Crippen molar-refractivity contribution in [2.45, 2.75) is 13.2 Å². The number of alkyl halides is 2. The molecule has 0 fully saturated rings. The average Bonchev–Trinajstić information content (AvgIpc) is 2.45. The molecular weight excluding hydrogens is 284 g/mol. The van der Waals surface area contributed by atoms with E-state index in [1.807, 2.05) is 0 Å². The van der Waals surface area contributed by atoms with Crippen molar-refractivity contribution in [2.24, 2.45) is 0 Å². The van der Waals surface area contributed by atoms with Crippen molar-refractivity contribution >= 4 is 5.69 Å². The predicted octanol–water partition coefficient (Wildman–Crippen LogP) is 3.02. The van der Waals surface area contributed by atoms with Crippen LogP contribution >= 0.6 is 0 Å². The number of halogens is 2. The normalized spacial score (nSPS) is 10.6. The highest BCUT2D eigenvalue weighted by molar-refractivity contribution is 5.55. The van der Waals surface area contributed by atoms with Crippen LogP contribution in [-0.2, 0) is 6.54 Å². The molecule has 0 radical (unpaired) electrons. The first-order chi connectivity index (χ1) is 9.97. The molecule has 0 saturated carbocycles. The second kappa shape index (κ2) is 6.17. The molecule has 4 N–H and O–H groups in total. The summed E-state index contributed by atoms with van der Waals surface area (Å²) in [5, 5.41) is 31.2. The van der Waals surface area contributed by atoms with Crippen LogP contribution < -0.4 is 10.1 Å². The summed E-state index contributed by atoms with van der Waals surface area (Å²) in [6.07, 6.45) is 0. The van der Waals surface area contributed by atoms with Gasteiger partial charge in [0.25, 0.3) is 0 Å². The van der Waals surface area contributed by atoms with E-state index in [2.05, 4.69) is 10.1 Å². The van der Waals surface area contributed by atoms with E-state index in [1.165, 1.54) is 36.4 Å². The SMILES string of the molecule is Oc1ccc(CNc2ccc(OC(F)F)cc2)c(O)c1O. The minimum Gasteiger partial charge on any atom is -0.504 e. The highest BCUT2D eigenvalue weighted by Gasteiger charge is 2.10. The number of aromatic hydroxyl groups is 3. The van der Waals surface area contributed by atoms with E-state index in [1.54, 1.807) is 0 Å². The van der Waals surface area contributed by atoms with Crippen LogP contribution in [0.3, 0.4) is 0 Å². The van der Waals surface area contributed by atoms with E-state index in [0.717, 1.165) is 0 Å². The van der Waals surface area contributed by atoms with Gasteiger partial charge in [-0.15, -0.1) is 0 Å². The number of nitrogens with one attached hydrogen (secondary N) is 1. The Morgan fingerprint density at radius 3 is 2.24 bits per heavy atom. The van der Waals surface area contributed by atoms with E-state index in [9.17, 15) is 24.1 Å². The smallest absolute Gasteiger partial charge is 0.387 e. The monoisotopic (exact) mass is 297 g/mol. The molecule has 0 amide bonds. The van der Waals surface area contributed by atoms with Crippen LogP contribution in [-0.4, -0.2) is 21.9 Å². The van der Waals surface area contributed by atoms with Crippen LogP contribution in [0.25, 0.3) is 0 Å². The minimum atomic E-state index is -2.87. The molecule has 0 aliphatic heterocycles. The first kappa shape index (κ1) is 14.7. The maximum Gasteiger partial charge on any atom is 0.387 e. The maximum absolute atomic E-state index is 12.0. The molecule has 0 aliphatic rings. The molecule has 2 aromatic carbocycles. The highest BCUT2D eigenvalue weighted by Crippen LogP contribution is 2.37. The molecule has 0 saturated heterocycles. The van der Waals surface area contributed by atoms with Crippen LogP contribution in [0.2, 0.25) is 0 Å². The van der Waals surface area contributed by atoms with E-state index in [0.29, 0.717) is 11.3 Å². The summed E-state index contributed by atoms with van der Waals surface area (Å²) in [6, 6.07) is 8.53. The second-order valence-electron chi connectivity index (χ2n) is 4.20. The van der Waals surface area contributed by atoms with Gasteiger partial charge in [-0.3, -0.25) is 0 Å². The third-order valence-corrected chi connectivity index (χ3v) is 2.78. The molecule has 7 heteroatoms. The number of hydrogen-bond donors (Lipinski definition) is 4. The quantitative estimate of drug-likeness (QED) is 0.638. The van der Waals surface area contributed by atoms with E-state index < -0.39 is 23.9 Å². The lowest BCUT2D eigenvalue weighted by Crippen LogP contribution is -2.02. The van der Waals surface area contributed by atoms with Gasteiger partial charge in [0.05, 0.1) is 0 Å². The molecule has 0 aromatic heterocycles. The lowest BCUT2D eigenvalue weighted by atomic mass is 10.1. The molecular formula is C14H13F2NO4. The van der Waals surface area contributed by atoms with E-state index >= 15 is 0 Å². The van der Waals surface area contributed by atoms with E-state index in [-0.39, 0.29) is 12.3 Å². The number of rotatable bonds is 5. The zero-order chi connectivity index (χ0) is 15.4. The molecule has 112 valence electrons. The Balaban J connectivity index is 2.02. The first-order valence-corrected chi connectivity index (χ1v) is 5.99. The van der Waals surface area contributed by atoms with Gasteiger partial charge in [0.2, 0.25) is 5.75 Å². The lowest BCUT2D eigenvalue weighted by molar-refractivity contribution is -0.0498. The Hall–Kier alpha value is -2.70. The van der Waals surface area contributed by atoms with Crippen molar-refractivity contribution in [2.75, 3.05) is 5.32 Å². The van der Waals surface area contributed by atoms with Gasteiger partial charge in [0, 0.05) is 17.8 Å². The zero-order valence-corrected chi connectivity index (χ0v) is 10.8. The van der Waals surface area contributed by atoms with Crippen LogP contribution in [0.4, 0.5) is 14.5 Å². The summed E-state index contributed by atoms with van der Waals surface area (Å²) in [5.41, 5.74) is 0.988. The molecule has 0 spiro atoms. The number of hydrogen-bond acceptors (Lipinski definition) is 5. The Labute approximate surface area is 119 Å². The molecule has 2 rings (SSSR count).